The van der Waals surface area contributed by atoms with Gasteiger partial charge in [0.2, 0.25) is 5.89 Å². The molecule has 0 radical (unpaired) electrons. The smallest absolute Gasteiger partial charge is 0.364 e. The number of hydrogen-bond acceptors (Lipinski definition) is 5. The second-order valence-corrected chi connectivity index (χ2v) is 3.80. The van der Waals surface area contributed by atoms with Crippen LogP contribution >= 0.6 is 0 Å². The van der Waals surface area contributed by atoms with Crippen molar-refractivity contribution in [2.24, 2.45) is 5.73 Å². The largest absolute Gasteiger partial charge is 0.411 e. The summed E-state index contributed by atoms with van der Waals surface area (Å²) in [5, 5.41) is 3.51. The Kier molecular flexibility index (Phi) is 4.47. The number of nitrogens with zero attached hydrogens (tertiary/aromatic N) is 2. The van der Waals surface area contributed by atoms with Gasteiger partial charge in [-0.15, -0.1) is 0 Å². The number of aromatic nitrogens is 2. The van der Waals surface area contributed by atoms with Crippen LogP contribution in [-0.4, -0.2) is 29.0 Å². The van der Waals surface area contributed by atoms with Crippen LogP contribution in [0.3, 0.4) is 0 Å². The molecule has 17 heavy (non-hydrogen) atoms. The monoisotopic (exact) mass is 253 g/mol. The minimum Gasteiger partial charge on any atom is -0.364 e. The van der Waals surface area contributed by atoms with Gasteiger partial charge in [0.15, 0.2) is 5.82 Å². The van der Waals surface area contributed by atoms with Crippen LogP contribution in [0.15, 0.2) is 4.52 Å². The van der Waals surface area contributed by atoms with E-state index >= 15 is 0 Å². The van der Waals surface area contributed by atoms with Crippen molar-refractivity contribution < 1.29 is 22.4 Å². The zero-order chi connectivity index (χ0) is 13.1. The van der Waals surface area contributed by atoms with Gasteiger partial charge >= 0.3 is 6.18 Å². The summed E-state index contributed by atoms with van der Waals surface area (Å²) in [7, 11) is 0. The fourth-order valence-corrected chi connectivity index (χ4v) is 0.994. The number of rotatable bonds is 5. The SMILES string of the molecule is CC(N)C(C)c1nc(COCC(F)(F)F)no1. The van der Waals surface area contributed by atoms with Gasteiger partial charge in [0.1, 0.15) is 13.2 Å². The van der Waals surface area contributed by atoms with E-state index in [4.69, 9.17) is 10.3 Å². The standard InChI is InChI=1S/C9H14F3N3O2/c1-5(6(2)13)8-14-7(15-17-8)3-16-4-9(10,11)12/h5-6H,3-4,13H2,1-2H3. The van der Waals surface area contributed by atoms with Crippen molar-refractivity contribution in [2.45, 2.75) is 38.6 Å². The second kappa shape index (κ2) is 5.46. The van der Waals surface area contributed by atoms with Gasteiger partial charge in [0, 0.05) is 6.04 Å². The summed E-state index contributed by atoms with van der Waals surface area (Å²) in [6.07, 6.45) is -4.36. The molecule has 1 aromatic rings. The zero-order valence-corrected chi connectivity index (χ0v) is 9.49. The van der Waals surface area contributed by atoms with E-state index in [2.05, 4.69) is 14.9 Å². The van der Waals surface area contributed by atoms with E-state index in [0.29, 0.717) is 5.89 Å². The minimum atomic E-state index is -4.36. The molecule has 0 aliphatic carbocycles. The molecule has 0 bridgehead atoms. The first-order chi connectivity index (χ1) is 7.79. The molecule has 5 nitrogen and oxygen atoms in total. The molecular weight excluding hydrogens is 239 g/mol. The summed E-state index contributed by atoms with van der Waals surface area (Å²) in [4.78, 5) is 3.90. The Hall–Kier alpha value is -1.15. The summed E-state index contributed by atoms with van der Waals surface area (Å²) >= 11 is 0. The summed E-state index contributed by atoms with van der Waals surface area (Å²) in [5.41, 5.74) is 5.63. The lowest BCUT2D eigenvalue weighted by Crippen LogP contribution is -2.22. The maximum atomic E-state index is 11.8. The highest BCUT2D eigenvalue weighted by Gasteiger charge is 2.27. The van der Waals surface area contributed by atoms with E-state index in [1.165, 1.54) is 0 Å². The van der Waals surface area contributed by atoms with E-state index in [9.17, 15) is 13.2 Å². The first-order valence-electron chi connectivity index (χ1n) is 5.02. The first kappa shape index (κ1) is 13.9. The first-order valence-corrected chi connectivity index (χ1v) is 5.02. The highest BCUT2D eigenvalue weighted by atomic mass is 19.4. The van der Waals surface area contributed by atoms with E-state index in [1.807, 2.05) is 0 Å². The van der Waals surface area contributed by atoms with Crippen molar-refractivity contribution in [3.63, 3.8) is 0 Å². The Balaban J connectivity index is 2.46. The van der Waals surface area contributed by atoms with Gasteiger partial charge in [-0.3, -0.25) is 0 Å². The van der Waals surface area contributed by atoms with Gasteiger partial charge in [0.25, 0.3) is 0 Å². The van der Waals surface area contributed by atoms with Crippen LogP contribution in [0.4, 0.5) is 13.2 Å². The van der Waals surface area contributed by atoms with Crippen LogP contribution < -0.4 is 5.73 Å². The Labute approximate surface area is 96.1 Å². The molecule has 1 rings (SSSR count). The number of halogens is 3. The number of ether oxygens (including phenoxy) is 1. The third kappa shape index (κ3) is 4.70. The molecule has 1 heterocycles. The Bertz CT molecular complexity index is 352. The normalized spacial score (nSPS) is 15.9. The lowest BCUT2D eigenvalue weighted by atomic mass is 10.1. The summed E-state index contributed by atoms with van der Waals surface area (Å²) in [6, 6.07) is -0.181. The quantitative estimate of drug-likeness (QED) is 0.862. The predicted octanol–water partition coefficient (Wildman–Crippen LogP) is 1.60. The molecule has 0 aromatic carbocycles. The average Bonchev–Trinajstić information content (AvgIpc) is 2.63. The fourth-order valence-electron chi connectivity index (χ4n) is 0.994. The lowest BCUT2D eigenvalue weighted by Gasteiger charge is -2.09. The molecule has 1 aromatic heterocycles. The molecule has 2 atom stereocenters. The van der Waals surface area contributed by atoms with Gasteiger partial charge < -0.3 is 15.0 Å². The van der Waals surface area contributed by atoms with Crippen LogP contribution in [0.1, 0.15) is 31.5 Å². The van der Waals surface area contributed by atoms with Crippen molar-refractivity contribution >= 4 is 0 Å². The minimum absolute atomic E-state index is 0.0803. The summed E-state index contributed by atoms with van der Waals surface area (Å²) < 4.78 is 44.6. The Morgan fingerprint density at radius 2 is 2.06 bits per heavy atom. The second-order valence-electron chi connectivity index (χ2n) is 3.80. The van der Waals surface area contributed by atoms with Crippen LogP contribution in [0.25, 0.3) is 0 Å². The maximum absolute atomic E-state index is 11.8. The molecule has 98 valence electrons. The zero-order valence-electron chi connectivity index (χ0n) is 9.49. The maximum Gasteiger partial charge on any atom is 0.411 e. The molecule has 0 aliphatic heterocycles. The molecule has 0 spiro atoms. The Morgan fingerprint density at radius 3 is 2.59 bits per heavy atom. The van der Waals surface area contributed by atoms with Crippen molar-refractivity contribution in [1.82, 2.24) is 10.1 Å². The molecular formula is C9H14F3N3O2. The Morgan fingerprint density at radius 1 is 1.41 bits per heavy atom. The molecule has 0 aliphatic rings. The molecule has 0 amide bonds. The third-order valence-electron chi connectivity index (χ3n) is 2.16. The average molecular weight is 253 g/mol. The van der Waals surface area contributed by atoms with Crippen molar-refractivity contribution in [1.29, 1.82) is 0 Å². The lowest BCUT2D eigenvalue weighted by molar-refractivity contribution is -0.177. The van der Waals surface area contributed by atoms with Gasteiger partial charge in [0.05, 0.1) is 5.92 Å². The van der Waals surface area contributed by atoms with E-state index < -0.39 is 12.8 Å². The van der Waals surface area contributed by atoms with Gasteiger partial charge in [-0.05, 0) is 6.92 Å². The van der Waals surface area contributed by atoms with E-state index in [-0.39, 0.29) is 24.4 Å². The third-order valence-corrected chi connectivity index (χ3v) is 2.16. The molecule has 0 saturated heterocycles. The van der Waals surface area contributed by atoms with Gasteiger partial charge in [-0.2, -0.15) is 18.2 Å². The molecule has 0 saturated carbocycles. The van der Waals surface area contributed by atoms with Crippen molar-refractivity contribution in [3.05, 3.63) is 11.7 Å². The number of hydrogen-bond donors (Lipinski definition) is 1. The highest BCUT2D eigenvalue weighted by Crippen LogP contribution is 2.17. The topological polar surface area (TPSA) is 74.2 Å². The summed E-state index contributed by atoms with van der Waals surface area (Å²) in [5.74, 6) is 0.223. The van der Waals surface area contributed by atoms with Crippen LogP contribution in [0.5, 0.6) is 0 Å². The molecule has 2 unspecified atom stereocenters. The summed E-state index contributed by atoms with van der Waals surface area (Å²) in [6.45, 7) is 1.89. The van der Waals surface area contributed by atoms with Crippen molar-refractivity contribution in [2.75, 3.05) is 6.61 Å². The van der Waals surface area contributed by atoms with Gasteiger partial charge in [-0.1, -0.05) is 12.1 Å². The van der Waals surface area contributed by atoms with Crippen LogP contribution in [0.2, 0.25) is 0 Å². The fraction of sp³-hybridized carbons (Fsp3) is 0.778. The van der Waals surface area contributed by atoms with E-state index in [1.54, 1.807) is 13.8 Å². The van der Waals surface area contributed by atoms with Gasteiger partial charge in [-0.25, -0.2) is 0 Å². The van der Waals surface area contributed by atoms with E-state index in [0.717, 1.165) is 0 Å². The molecule has 0 fully saturated rings. The molecule has 8 heteroatoms. The predicted molar refractivity (Wildman–Crippen MR) is 52.1 cm³/mol. The number of alkyl halides is 3. The number of nitrogens with two attached hydrogens (primary N) is 1. The van der Waals surface area contributed by atoms with Crippen molar-refractivity contribution in [3.8, 4) is 0 Å². The van der Waals surface area contributed by atoms with Crippen LogP contribution in [-0.2, 0) is 11.3 Å². The highest BCUT2D eigenvalue weighted by molar-refractivity contribution is 4.94. The van der Waals surface area contributed by atoms with Crippen LogP contribution in [0, 0.1) is 0 Å². The molecule has 2 N–H and O–H groups in total.